The first-order valence-corrected chi connectivity index (χ1v) is 6.08. The standard InChI is InChI=1S/C14H22O2/c1-12(2)13-8-4-5-9-14(13)16-11-7-3-6-10-15/h4-5,8-9,12,15H,3,6-7,10-11H2,1-2H3. The summed E-state index contributed by atoms with van der Waals surface area (Å²) in [4.78, 5) is 0. The molecule has 0 saturated heterocycles. The number of rotatable bonds is 7. The molecule has 1 N–H and O–H groups in total. The van der Waals surface area contributed by atoms with E-state index < -0.39 is 0 Å². The SMILES string of the molecule is CC(C)c1ccccc1OCCCCCO. The second kappa shape index (κ2) is 7.29. The minimum absolute atomic E-state index is 0.280. The molecule has 1 aromatic carbocycles. The number of aliphatic hydroxyl groups is 1. The van der Waals surface area contributed by atoms with Crippen LogP contribution in [0.4, 0.5) is 0 Å². The molecule has 0 amide bonds. The van der Waals surface area contributed by atoms with E-state index in [1.54, 1.807) is 0 Å². The van der Waals surface area contributed by atoms with E-state index in [0.717, 1.165) is 31.6 Å². The van der Waals surface area contributed by atoms with Crippen LogP contribution in [0.3, 0.4) is 0 Å². The van der Waals surface area contributed by atoms with Crippen molar-refractivity contribution in [1.29, 1.82) is 0 Å². The lowest BCUT2D eigenvalue weighted by molar-refractivity contribution is 0.265. The van der Waals surface area contributed by atoms with Crippen molar-refractivity contribution in [3.63, 3.8) is 0 Å². The van der Waals surface area contributed by atoms with Crippen molar-refractivity contribution >= 4 is 0 Å². The lowest BCUT2D eigenvalue weighted by Gasteiger charge is -2.13. The van der Waals surface area contributed by atoms with E-state index in [9.17, 15) is 0 Å². The van der Waals surface area contributed by atoms with Gasteiger partial charge in [0.25, 0.3) is 0 Å². The van der Waals surface area contributed by atoms with E-state index in [0.29, 0.717) is 5.92 Å². The van der Waals surface area contributed by atoms with E-state index in [1.807, 2.05) is 18.2 Å². The molecule has 1 rings (SSSR count). The average Bonchev–Trinajstić information content (AvgIpc) is 2.29. The van der Waals surface area contributed by atoms with Crippen molar-refractivity contribution < 1.29 is 9.84 Å². The van der Waals surface area contributed by atoms with Gasteiger partial charge in [-0.1, -0.05) is 32.0 Å². The van der Waals surface area contributed by atoms with Gasteiger partial charge in [-0.25, -0.2) is 0 Å². The molecule has 2 heteroatoms. The van der Waals surface area contributed by atoms with Gasteiger partial charge < -0.3 is 9.84 Å². The van der Waals surface area contributed by atoms with Crippen LogP contribution in [0.1, 0.15) is 44.6 Å². The van der Waals surface area contributed by atoms with Crippen LogP contribution in [0.15, 0.2) is 24.3 Å². The predicted molar refractivity (Wildman–Crippen MR) is 67.0 cm³/mol. The largest absolute Gasteiger partial charge is 0.493 e. The molecule has 0 aliphatic carbocycles. The van der Waals surface area contributed by atoms with E-state index >= 15 is 0 Å². The van der Waals surface area contributed by atoms with Gasteiger partial charge >= 0.3 is 0 Å². The normalized spacial score (nSPS) is 10.8. The van der Waals surface area contributed by atoms with Crippen molar-refractivity contribution in [3.8, 4) is 5.75 Å². The summed E-state index contributed by atoms with van der Waals surface area (Å²) in [5, 5.41) is 8.66. The molecule has 90 valence electrons. The number of ether oxygens (including phenoxy) is 1. The molecule has 0 heterocycles. The van der Waals surface area contributed by atoms with Gasteiger partial charge in [0.1, 0.15) is 5.75 Å². The molecule has 1 aromatic rings. The molecule has 16 heavy (non-hydrogen) atoms. The van der Waals surface area contributed by atoms with Crippen LogP contribution in [-0.4, -0.2) is 18.3 Å². The summed E-state index contributed by atoms with van der Waals surface area (Å²) in [5.74, 6) is 1.50. The fraction of sp³-hybridized carbons (Fsp3) is 0.571. The number of hydrogen-bond acceptors (Lipinski definition) is 2. The first-order valence-electron chi connectivity index (χ1n) is 6.08. The van der Waals surface area contributed by atoms with Gasteiger partial charge in [-0.3, -0.25) is 0 Å². The quantitative estimate of drug-likeness (QED) is 0.717. The molecule has 0 unspecified atom stereocenters. The van der Waals surface area contributed by atoms with E-state index in [-0.39, 0.29) is 6.61 Å². The van der Waals surface area contributed by atoms with Gasteiger partial charge in [-0.05, 0) is 36.8 Å². The topological polar surface area (TPSA) is 29.5 Å². The second-order valence-electron chi connectivity index (χ2n) is 4.33. The Bertz CT molecular complexity index is 295. The average molecular weight is 222 g/mol. The second-order valence-corrected chi connectivity index (χ2v) is 4.33. The van der Waals surface area contributed by atoms with Crippen LogP contribution in [0.2, 0.25) is 0 Å². The maximum Gasteiger partial charge on any atom is 0.122 e. The summed E-state index contributed by atoms with van der Waals surface area (Å²) in [5.41, 5.74) is 1.27. The maximum absolute atomic E-state index is 8.66. The molecule has 0 fully saturated rings. The first kappa shape index (κ1) is 13.0. The summed E-state index contributed by atoms with van der Waals surface area (Å²) in [6.07, 6.45) is 2.91. The minimum atomic E-state index is 0.280. The van der Waals surface area contributed by atoms with Crippen LogP contribution in [-0.2, 0) is 0 Å². The number of para-hydroxylation sites is 1. The molecular formula is C14H22O2. The van der Waals surface area contributed by atoms with Crippen molar-refractivity contribution in [2.24, 2.45) is 0 Å². The van der Waals surface area contributed by atoms with Crippen molar-refractivity contribution in [3.05, 3.63) is 29.8 Å². The summed E-state index contributed by atoms with van der Waals surface area (Å²) < 4.78 is 5.76. The fourth-order valence-electron chi connectivity index (χ4n) is 1.66. The lowest BCUT2D eigenvalue weighted by Crippen LogP contribution is -2.01. The van der Waals surface area contributed by atoms with Crippen molar-refractivity contribution in [1.82, 2.24) is 0 Å². The summed E-state index contributed by atoms with van der Waals surface area (Å²) in [6.45, 7) is 5.37. The molecule has 0 spiro atoms. The highest BCUT2D eigenvalue weighted by Crippen LogP contribution is 2.25. The van der Waals surface area contributed by atoms with Gasteiger partial charge in [0.15, 0.2) is 0 Å². The van der Waals surface area contributed by atoms with Crippen LogP contribution in [0, 0.1) is 0 Å². The Morgan fingerprint density at radius 1 is 1.12 bits per heavy atom. The van der Waals surface area contributed by atoms with Crippen LogP contribution < -0.4 is 4.74 Å². The summed E-state index contributed by atoms with van der Waals surface area (Å²) >= 11 is 0. The molecular weight excluding hydrogens is 200 g/mol. The Kier molecular flexibility index (Phi) is 5.94. The van der Waals surface area contributed by atoms with Crippen LogP contribution >= 0.6 is 0 Å². The van der Waals surface area contributed by atoms with E-state index in [1.165, 1.54) is 5.56 Å². The molecule has 0 atom stereocenters. The third-order valence-electron chi connectivity index (χ3n) is 2.60. The van der Waals surface area contributed by atoms with E-state index in [4.69, 9.17) is 9.84 Å². The fourth-order valence-corrected chi connectivity index (χ4v) is 1.66. The Morgan fingerprint density at radius 2 is 1.88 bits per heavy atom. The summed E-state index contributed by atoms with van der Waals surface area (Å²) in [7, 11) is 0. The minimum Gasteiger partial charge on any atom is -0.493 e. The summed E-state index contributed by atoms with van der Waals surface area (Å²) in [6, 6.07) is 8.21. The van der Waals surface area contributed by atoms with Crippen LogP contribution in [0.5, 0.6) is 5.75 Å². The van der Waals surface area contributed by atoms with Gasteiger partial charge in [0.2, 0.25) is 0 Å². The first-order chi connectivity index (χ1) is 7.75. The zero-order valence-corrected chi connectivity index (χ0v) is 10.3. The van der Waals surface area contributed by atoms with Gasteiger partial charge in [0.05, 0.1) is 6.61 Å². The molecule has 2 nitrogen and oxygen atoms in total. The van der Waals surface area contributed by atoms with Crippen molar-refractivity contribution in [2.45, 2.75) is 39.0 Å². The van der Waals surface area contributed by atoms with Crippen LogP contribution in [0.25, 0.3) is 0 Å². The highest BCUT2D eigenvalue weighted by Gasteiger charge is 2.05. The van der Waals surface area contributed by atoms with Crippen molar-refractivity contribution in [2.75, 3.05) is 13.2 Å². The zero-order valence-electron chi connectivity index (χ0n) is 10.3. The molecule has 0 saturated carbocycles. The third-order valence-corrected chi connectivity index (χ3v) is 2.60. The van der Waals surface area contributed by atoms with Gasteiger partial charge in [0, 0.05) is 6.61 Å². The molecule has 0 bridgehead atoms. The Hall–Kier alpha value is -1.02. The van der Waals surface area contributed by atoms with Gasteiger partial charge in [-0.15, -0.1) is 0 Å². The third kappa shape index (κ3) is 4.23. The lowest BCUT2D eigenvalue weighted by atomic mass is 10.0. The predicted octanol–water partition coefficient (Wildman–Crippen LogP) is 3.35. The molecule has 0 aliphatic rings. The highest BCUT2D eigenvalue weighted by molar-refractivity contribution is 5.35. The number of hydrogen-bond donors (Lipinski definition) is 1. The van der Waals surface area contributed by atoms with E-state index in [2.05, 4.69) is 19.9 Å². The number of benzene rings is 1. The maximum atomic E-state index is 8.66. The number of aliphatic hydroxyl groups excluding tert-OH is 1. The molecule has 0 aromatic heterocycles. The molecule has 0 aliphatic heterocycles. The monoisotopic (exact) mass is 222 g/mol. The molecule has 0 radical (unpaired) electrons. The zero-order chi connectivity index (χ0) is 11.8. The Balaban J connectivity index is 2.41. The Morgan fingerprint density at radius 3 is 2.56 bits per heavy atom. The Labute approximate surface area is 98.3 Å². The highest BCUT2D eigenvalue weighted by atomic mass is 16.5. The number of unbranched alkanes of at least 4 members (excludes halogenated alkanes) is 2. The van der Waals surface area contributed by atoms with Gasteiger partial charge in [-0.2, -0.15) is 0 Å². The smallest absolute Gasteiger partial charge is 0.122 e.